The Kier molecular flexibility index (Phi) is 5.79. The molecular weight excluding hydrogens is 338 g/mol. The molecule has 0 bridgehead atoms. The van der Waals surface area contributed by atoms with E-state index in [0.29, 0.717) is 0 Å². The van der Waals surface area contributed by atoms with Crippen LogP contribution in [0.3, 0.4) is 0 Å². The molecular formula is C22H27N3O2. The Morgan fingerprint density at radius 2 is 1.37 bits per heavy atom. The number of nitrogens with one attached hydrogen (secondary N) is 3. The van der Waals surface area contributed by atoms with Gasteiger partial charge in [-0.3, -0.25) is 9.59 Å². The van der Waals surface area contributed by atoms with Gasteiger partial charge >= 0.3 is 0 Å². The van der Waals surface area contributed by atoms with Gasteiger partial charge in [0.25, 0.3) is 0 Å². The van der Waals surface area contributed by atoms with Gasteiger partial charge in [-0.05, 0) is 51.0 Å². The van der Waals surface area contributed by atoms with Gasteiger partial charge < -0.3 is 16.0 Å². The first-order valence-electron chi connectivity index (χ1n) is 9.47. The summed E-state index contributed by atoms with van der Waals surface area (Å²) >= 11 is 0. The fourth-order valence-corrected chi connectivity index (χ4v) is 3.47. The second-order valence-corrected chi connectivity index (χ2v) is 7.38. The molecule has 5 nitrogen and oxygen atoms in total. The number of aryl methyl sites for hydroxylation is 2. The zero-order valence-electron chi connectivity index (χ0n) is 16.0. The predicted molar refractivity (Wildman–Crippen MR) is 109 cm³/mol. The van der Waals surface area contributed by atoms with E-state index in [1.54, 1.807) is 0 Å². The van der Waals surface area contributed by atoms with E-state index in [-0.39, 0.29) is 18.4 Å². The lowest BCUT2D eigenvalue weighted by atomic mass is 9.95. The lowest BCUT2D eigenvalue weighted by Crippen LogP contribution is -2.52. The highest BCUT2D eigenvalue weighted by molar-refractivity contribution is 5.97. The molecule has 142 valence electrons. The van der Waals surface area contributed by atoms with Gasteiger partial charge in [0.2, 0.25) is 11.8 Å². The monoisotopic (exact) mass is 365 g/mol. The summed E-state index contributed by atoms with van der Waals surface area (Å²) in [7, 11) is 0. The molecule has 0 unspecified atom stereocenters. The van der Waals surface area contributed by atoms with Crippen LogP contribution in [0.15, 0.2) is 48.5 Å². The van der Waals surface area contributed by atoms with Crippen LogP contribution in [0.2, 0.25) is 0 Å². The summed E-state index contributed by atoms with van der Waals surface area (Å²) < 4.78 is 0. The molecule has 5 heteroatoms. The minimum atomic E-state index is -0.639. The molecule has 3 N–H and O–H groups in total. The van der Waals surface area contributed by atoms with Crippen molar-refractivity contribution in [2.75, 3.05) is 17.2 Å². The number of benzene rings is 2. The lowest BCUT2D eigenvalue weighted by Gasteiger charge is -2.30. The summed E-state index contributed by atoms with van der Waals surface area (Å²) in [6, 6.07) is 15.6. The highest BCUT2D eigenvalue weighted by Gasteiger charge is 2.41. The highest BCUT2D eigenvalue weighted by Crippen LogP contribution is 2.33. The Bertz CT molecular complexity index is 791. The Labute approximate surface area is 160 Å². The molecule has 2 aromatic rings. The molecule has 2 aromatic carbocycles. The first-order valence-corrected chi connectivity index (χ1v) is 9.47. The van der Waals surface area contributed by atoms with Crippen LogP contribution < -0.4 is 16.0 Å². The van der Waals surface area contributed by atoms with Crippen molar-refractivity contribution in [3.63, 3.8) is 0 Å². The molecule has 0 aromatic heterocycles. The number of carbonyl (C=O) groups excluding carboxylic acids is 2. The van der Waals surface area contributed by atoms with Gasteiger partial charge in [0, 0.05) is 11.4 Å². The molecule has 0 radical (unpaired) electrons. The van der Waals surface area contributed by atoms with Gasteiger partial charge in [0.05, 0.1) is 6.54 Å². The van der Waals surface area contributed by atoms with Crippen molar-refractivity contribution in [1.82, 2.24) is 5.32 Å². The molecule has 0 heterocycles. The van der Waals surface area contributed by atoms with Gasteiger partial charge in [0.1, 0.15) is 5.54 Å². The Balaban J connectivity index is 1.59. The van der Waals surface area contributed by atoms with Gasteiger partial charge in [-0.1, -0.05) is 48.2 Å². The smallest absolute Gasteiger partial charge is 0.246 e. The predicted octanol–water partition coefficient (Wildman–Crippen LogP) is 3.78. The van der Waals surface area contributed by atoms with Gasteiger partial charge in [-0.25, -0.2) is 0 Å². The molecule has 0 spiro atoms. The van der Waals surface area contributed by atoms with E-state index in [0.717, 1.165) is 42.6 Å². The van der Waals surface area contributed by atoms with E-state index in [9.17, 15) is 9.59 Å². The van der Waals surface area contributed by atoms with E-state index < -0.39 is 5.54 Å². The SMILES string of the molecule is Cc1ccc(NC(=O)CNC(=O)C2(Nc3ccc(C)cc3)CCCC2)cc1. The maximum atomic E-state index is 12.9. The fourth-order valence-electron chi connectivity index (χ4n) is 3.47. The molecule has 2 amide bonds. The number of anilines is 2. The molecule has 1 aliphatic rings. The minimum absolute atomic E-state index is 0.0377. The van der Waals surface area contributed by atoms with Gasteiger partial charge in [-0.15, -0.1) is 0 Å². The van der Waals surface area contributed by atoms with Gasteiger partial charge in [0.15, 0.2) is 0 Å². The molecule has 0 saturated heterocycles. The summed E-state index contributed by atoms with van der Waals surface area (Å²) in [4.78, 5) is 25.1. The van der Waals surface area contributed by atoms with Crippen LogP contribution in [0.5, 0.6) is 0 Å². The van der Waals surface area contributed by atoms with Gasteiger partial charge in [-0.2, -0.15) is 0 Å². The fraction of sp³-hybridized carbons (Fsp3) is 0.364. The third-order valence-electron chi connectivity index (χ3n) is 5.07. The number of hydrogen-bond acceptors (Lipinski definition) is 3. The third kappa shape index (κ3) is 4.88. The van der Waals surface area contributed by atoms with Crippen LogP contribution in [-0.2, 0) is 9.59 Å². The first-order chi connectivity index (χ1) is 13.0. The topological polar surface area (TPSA) is 70.2 Å². The van der Waals surface area contributed by atoms with Crippen molar-refractivity contribution in [1.29, 1.82) is 0 Å². The molecule has 0 aliphatic heterocycles. The lowest BCUT2D eigenvalue weighted by molar-refractivity contribution is -0.127. The third-order valence-corrected chi connectivity index (χ3v) is 5.07. The van der Waals surface area contributed by atoms with Crippen LogP contribution >= 0.6 is 0 Å². The number of carbonyl (C=O) groups is 2. The van der Waals surface area contributed by atoms with E-state index in [1.165, 1.54) is 5.56 Å². The number of amides is 2. The van der Waals surface area contributed by atoms with Crippen LogP contribution in [0.1, 0.15) is 36.8 Å². The number of hydrogen-bond donors (Lipinski definition) is 3. The van der Waals surface area contributed by atoms with Crippen molar-refractivity contribution in [3.8, 4) is 0 Å². The quantitative estimate of drug-likeness (QED) is 0.729. The van der Waals surface area contributed by atoms with Crippen LogP contribution in [0.25, 0.3) is 0 Å². The average molecular weight is 365 g/mol. The van der Waals surface area contributed by atoms with E-state index in [4.69, 9.17) is 0 Å². The molecule has 1 saturated carbocycles. The summed E-state index contributed by atoms with van der Waals surface area (Å²) in [6.45, 7) is 3.99. The molecule has 3 rings (SSSR count). The average Bonchev–Trinajstić information content (AvgIpc) is 3.13. The van der Waals surface area contributed by atoms with E-state index >= 15 is 0 Å². The zero-order valence-corrected chi connectivity index (χ0v) is 16.0. The summed E-state index contributed by atoms with van der Waals surface area (Å²) in [5.74, 6) is -0.338. The Morgan fingerprint density at radius 3 is 1.93 bits per heavy atom. The van der Waals surface area contributed by atoms with Crippen LogP contribution in [-0.4, -0.2) is 23.9 Å². The summed E-state index contributed by atoms with van der Waals surface area (Å²) in [5, 5.41) is 9.04. The molecule has 0 atom stereocenters. The minimum Gasteiger partial charge on any atom is -0.371 e. The van der Waals surface area contributed by atoms with Crippen molar-refractivity contribution in [2.24, 2.45) is 0 Å². The number of rotatable bonds is 6. The van der Waals surface area contributed by atoms with Crippen molar-refractivity contribution < 1.29 is 9.59 Å². The van der Waals surface area contributed by atoms with Crippen molar-refractivity contribution in [3.05, 3.63) is 59.7 Å². The standard InChI is InChI=1S/C22H27N3O2/c1-16-5-9-18(10-6-16)24-20(26)15-23-21(27)22(13-3-4-14-22)25-19-11-7-17(2)8-12-19/h5-12,25H,3-4,13-15H2,1-2H3,(H,23,27)(H,24,26). The van der Waals surface area contributed by atoms with E-state index in [2.05, 4.69) is 16.0 Å². The highest BCUT2D eigenvalue weighted by atomic mass is 16.2. The molecule has 1 fully saturated rings. The molecule has 27 heavy (non-hydrogen) atoms. The maximum absolute atomic E-state index is 12.9. The maximum Gasteiger partial charge on any atom is 0.246 e. The Hall–Kier alpha value is -2.82. The molecule has 1 aliphatic carbocycles. The summed E-state index contributed by atoms with van der Waals surface area (Å²) in [6.07, 6.45) is 3.54. The normalized spacial score (nSPS) is 15.2. The largest absolute Gasteiger partial charge is 0.371 e. The summed E-state index contributed by atoms with van der Waals surface area (Å²) in [5.41, 5.74) is 3.33. The van der Waals surface area contributed by atoms with E-state index in [1.807, 2.05) is 62.4 Å². The Morgan fingerprint density at radius 1 is 0.852 bits per heavy atom. The van der Waals surface area contributed by atoms with Crippen LogP contribution in [0.4, 0.5) is 11.4 Å². The van der Waals surface area contributed by atoms with Crippen LogP contribution in [0, 0.1) is 13.8 Å². The zero-order chi connectivity index (χ0) is 19.3. The second-order valence-electron chi connectivity index (χ2n) is 7.38. The van der Waals surface area contributed by atoms with Crippen molar-refractivity contribution >= 4 is 23.2 Å². The first kappa shape index (κ1) is 19.0. The second kappa shape index (κ2) is 8.25. The van der Waals surface area contributed by atoms with Crippen molar-refractivity contribution in [2.45, 2.75) is 45.1 Å².